The first-order valence-electron chi connectivity index (χ1n) is 5.25. The molecule has 1 heterocycles. The molecule has 78 valence electrons. The predicted molar refractivity (Wildman–Crippen MR) is 60.1 cm³/mol. The number of aryl methyl sites for hydroxylation is 1. The van der Waals surface area contributed by atoms with Crippen LogP contribution in [0.2, 0.25) is 0 Å². The molecule has 0 fully saturated rings. The summed E-state index contributed by atoms with van der Waals surface area (Å²) >= 11 is 0. The fraction of sp³-hybridized carbons (Fsp3) is 0.583. The van der Waals surface area contributed by atoms with E-state index in [4.69, 9.17) is 5.73 Å². The van der Waals surface area contributed by atoms with Gasteiger partial charge in [-0.05, 0) is 37.0 Å². The maximum absolute atomic E-state index is 6.02. The topological polar surface area (TPSA) is 38.9 Å². The predicted octanol–water partition coefficient (Wildman–Crippen LogP) is 2.31. The van der Waals surface area contributed by atoms with Crippen molar-refractivity contribution in [2.45, 2.75) is 39.7 Å². The van der Waals surface area contributed by atoms with Crippen molar-refractivity contribution >= 4 is 0 Å². The Morgan fingerprint density at radius 3 is 2.71 bits per heavy atom. The summed E-state index contributed by atoms with van der Waals surface area (Å²) in [6.45, 7) is 6.48. The summed E-state index contributed by atoms with van der Waals surface area (Å²) in [6, 6.07) is 4.36. The van der Waals surface area contributed by atoms with E-state index in [9.17, 15) is 0 Å². The van der Waals surface area contributed by atoms with Gasteiger partial charge in [0.05, 0.1) is 0 Å². The summed E-state index contributed by atoms with van der Waals surface area (Å²) in [4.78, 5) is 4.31. The highest BCUT2D eigenvalue weighted by molar-refractivity contribution is 5.15. The molecule has 1 aromatic heterocycles. The summed E-state index contributed by atoms with van der Waals surface area (Å²) in [5.74, 6) is 0.662. The third-order valence-corrected chi connectivity index (χ3v) is 2.22. The molecule has 0 saturated carbocycles. The van der Waals surface area contributed by atoms with Gasteiger partial charge in [0.2, 0.25) is 0 Å². The van der Waals surface area contributed by atoms with Crippen LogP contribution >= 0.6 is 0 Å². The molecule has 2 N–H and O–H groups in total. The normalized spacial score (nSPS) is 13.2. The second kappa shape index (κ2) is 5.11. The molecule has 0 spiro atoms. The molecule has 1 atom stereocenters. The van der Waals surface area contributed by atoms with E-state index in [0.717, 1.165) is 18.5 Å². The number of nitrogens with two attached hydrogens (primary N) is 1. The molecular formula is C12H20N2. The van der Waals surface area contributed by atoms with Gasteiger partial charge in [-0.1, -0.05) is 13.8 Å². The van der Waals surface area contributed by atoms with E-state index >= 15 is 0 Å². The molecule has 0 bridgehead atoms. The van der Waals surface area contributed by atoms with E-state index in [0.29, 0.717) is 5.92 Å². The molecule has 0 aliphatic carbocycles. The first-order chi connectivity index (χ1) is 6.58. The van der Waals surface area contributed by atoms with Crippen molar-refractivity contribution < 1.29 is 0 Å². The van der Waals surface area contributed by atoms with E-state index in [1.807, 2.05) is 12.3 Å². The van der Waals surface area contributed by atoms with Crippen LogP contribution in [-0.2, 0) is 6.42 Å². The second-order valence-corrected chi connectivity index (χ2v) is 4.42. The van der Waals surface area contributed by atoms with Gasteiger partial charge in [0.15, 0.2) is 0 Å². The molecule has 0 aliphatic rings. The fourth-order valence-corrected chi connectivity index (χ4v) is 1.67. The quantitative estimate of drug-likeness (QED) is 0.795. The average molecular weight is 192 g/mol. The number of nitrogens with zero attached hydrogens (tertiary/aromatic N) is 1. The van der Waals surface area contributed by atoms with Gasteiger partial charge in [0.25, 0.3) is 0 Å². The molecule has 2 heteroatoms. The van der Waals surface area contributed by atoms with Crippen molar-refractivity contribution in [3.05, 3.63) is 29.6 Å². The van der Waals surface area contributed by atoms with Gasteiger partial charge in [0.1, 0.15) is 0 Å². The molecule has 0 saturated heterocycles. The van der Waals surface area contributed by atoms with Crippen LogP contribution in [-0.4, -0.2) is 11.0 Å². The van der Waals surface area contributed by atoms with Crippen LogP contribution in [0.5, 0.6) is 0 Å². The van der Waals surface area contributed by atoms with Crippen LogP contribution in [0.3, 0.4) is 0 Å². The Kier molecular flexibility index (Phi) is 4.08. The highest BCUT2D eigenvalue weighted by atomic mass is 14.7. The first-order valence-corrected chi connectivity index (χ1v) is 5.25. The number of pyridine rings is 1. The zero-order valence-electron chi connectivity index (χ0n) is 9.33. The lowest BCUT2D eigenvalue weighted by atomic mass is 10.00. The van der Waals surface area contributed by atoms with Crippen molar-refractivity contribution in [1.29, 1.82) is 0 Å². The average Bonchev–Trinajstić information content (AvgIpc) is 2.01. The van der Waals surface area contributed by atoms with Gasteiger partial charge < -0.3 is 5.73 Å². The van der Waals surface area contributed by atoms with Crippen molar-refractivity contribution in [2.75, 3.05) is 0 Å². The summed E-state index contributed by atoms with van der Waals surface area (Å²) in [6.07, 6.45) is 3.81. The molecule has 0 aromatic carbocycles. The number of rotatable bonds is 4. The maximum atomic E-state index is 6.02. The molecule has 1 unspecified atom stereocenters. The Bertz CT molecular complexity index is 281. The van der Waals surface area contributed by atoms with Crippen molar-refractivity contribution in [3.63, 3.8) is 0 Å². The Labute approximate surface area is 86.5 Å². The lowest BCUT2D eigenvalue weighted by molar-refractivity contribution is 0.490. The van der Waals surface area contributed by atoms with Gasteiger partial charge in [-0.3, -0.25) is 4.98 Å². The lowest BCUT2D eigenvalue weighted by Gasteiger charge is -2.13. The van der Waals surface area contributed by atoms with Gasteiger partial charge >= 0.3 is 0 Å². The summed E-state index contributed by atoms with van der Waals surface area (Å²) < 4.78 is 0. The van der Waals surface area contributed by atoms with E-state index in [2.05, 4.69) is 31.8 Å². The summed E-state index contributed by atoms with van der Waals surface area (Å²) in [7, 11) is 0. The van der Waals surface area contributed by atoms with Crippen LogP contribution in [0.15, 0.2) is 18.3 Å². The monoisotopic (exact) mass is 192 g/mol. The zero-order chi connectivity index (χ0) is 10.6. The lowest BCUT2D eigenvalue weighted by Crippen LogP contribution is -2.25. The number of aromatic nitrogens is 1. The van der Waals surface area contributed by atoms with E-state index in [1.165, 1.54) is 5.56 Å². The van der Waals surface area contributed by atoms with Crippen molar-refractivity contribution in [2.24, 2.45) is 11.7 Å². The standard InChI is InChI=1S/C12H20N2/c1-9(2)6-11(13)8-12-7-10(3)4-5-14-12/h4-5,7,9,11H,6,8,13H2,1-3H3. The van der Waals surface area contributed by atoms with Gasteiger partial charge in [-0.25, -0.2) is 0 Å². The largest absolute Gasteiger partial charge is 0.327 e. The van der Waals surface area contributed by atoms with Gasteiger partial charge in [-0.2, -0.15) is 0 Å². The fourth-order valence-electron chi connectivity index (χ4n) is 1.67. The Hall–Kier alpha value is -0.890. The molecule has 1 rings (SSSR count). The summed E-state index contributed by atoms with van der Waals surface area (Å²) in [5, 5.41) is 0. The highest BCUT2D eigenvalue weighted by Gasteiger charge is 2.07. The molecule has 0 radical (unpaired) electrons. The SMILES string of the molecule is Cc1ccnc(CC(N)CC(C)C)c1. The molecule has 1 aromatic rings. The van der Waals surface area contributed by atoms with Crippen LogP contribution in [0.1, 0.15) is 31.5 Å². The van der Waals surface area contributed by atoms with E-state index in [-0.39, 0.29) is 6.04 Å². The zero-order valence-corrected chi connectivity index (χ0v) is 9.33. The first kappa shape index (κ1) is 11.2. The molecule has 14 heavy (non-hydrogen) atoms. The third-order valence-electron chi connectivity index (χ3n) is 2.22. The van der Waals surface area contributed by atoms with E-state index < -0.39 is 0 Å². The summed E-state index contributed by atoms with van der Waals surface area (Å²) in [5.41, 5.74) is 8.38. The minimum Gasteiger partial charge on any atom is -0.327 e. The molecular weight excluding hydrogens is 172 g/mol. The maximum Gasteiger partial charge on any atom is 0.0421 e. The number of hydrogen-bond donors (Lipinski definition) is 1. The van der Waals surface area contributed by atoms with E-state index in [1.54, 1.807) is 0 Å². The van der Waals surface area contributed by atoms with Crippen LogP contribution in [0.4, 0.5) is 0 Å². The third kappa shape index (κ3) is 3.88. The Morgan fingerprint density at radius 1 is 1.43 bits per heavy atom. The van der Waals surface area contributed by atoms with Gasteiger partial charge in [-0.15, -0.1) is 0 Å². The molecule has 2 nitrogen and oxygen atoms in total. The highest BCUT2D eigenvalue weighted by Crippen LogP contribution is 2.08. The Morgan fingerprint density at radius 2 is 2.14 bits per heavy atom. The Balaban J connectivity index is 2.51. The van der Waals surface area contributed by atoms with Gasteiger partial charge in [0, 0.05) is 24.4 Å². The second-order valence-electron chi connectivity index (χ2n) is 4.42. The number of hydrogen-bond acceptors (Lipinski definition) is 2. The van der Waals surface area contributed by atoms with Crippen LogP contribution in [0, 0.1) is 12.8 Å². The molecule has 0 aliphatic heterocycles. The minimum absolute atomic E-state index is 0.240. The van der Waals surface area contributed by atoms with Crippen molar-refractivity contribution in [1.82, 2.24) is 4.98 Å². The van der Waals surface area contributed by atoms with Crippen molar-refractivity contribution in [3.8, 4) is 0 Å². The minimum atomic E-state index is 0.240. The van der Waals surface area contributed by atoms with Crippen LogP contribution in [0.25, 0.3) is 0 Å². The van der Waals surface area contributed by atoms with Crippen LogP contribution < -0.4 is 5.73 Å². The smallest absolute Gasteiger partial charge is 0.0421 e. The molecule has 0 amide bonds.